The van der Waals surface area contributed by atoms with Crippen molar-refractivity contribution < 1.29 is 19.1 Å². The Labute approximate surface area is 179 Å². The van der Waals surface area contributed by atoms with Gasteiger partial charge in [-0.05, 0) is 73.4 Å². The van der Waals surface area contributed by atoms with Gasteiger partial charge in [-0.3, -0.25) is 19.5 Å². The molecule has 1 aromatic heterocycles. The van der Waals surface area contributed by atoms with Gasteiger partial charge in [0, 0.05) is 23.6 Å². The largest absolute Gasteiger partial charge is 0.507 e. The van der Waals surface area contributed by atoms with Crippen molar-refractivity contribution in [3.8, 4) is 0 Å². The van der Waals surface area contributed by atoms with Crippen LogP contribution in [0.1, 0.15) is 33.9 Å². The van der Waals surface area contributed by atoms with Crippen LogP contribution in [-0.4, -0.2) is 21.8 Å². The molecule has 0 radical (unpaired) electrons. The summed E-state index contributed by atoms with van der Waals surface area (Å²) in [6, 6.07) is 12.3. The number of amides is 1. The monoisotopic (exact) mass is 416 g/mol. The van der Waals surface area contributed by atoms with E-state index < -0.39 is 23.5 Å². The van der Waals surface area contributed by atoms with Gasteiger partial charge in [-0.1, -0.05) is 18.2 Å². The second-order valence-electron chi connectivity index (χ2n) is 7.71. The number of carbonyl (C=O) groups excluding carboxylic acids is 2. The number of rotatable bonds is 3. The molecule has 1 unspecified atom stereocenters. The maximum absolute atomic E-state index is 13.8. The number of aliphatic hydroxyl groups excluding tert-OH is 1. The first-order valence-electron chi connectivity index (χ1n) is 9.84. The zero-order valence-corrected chi connectivity index (χ0v) is 17.4. The highest BCUT2D eigenvalue weighted by atomic mass is 19.1. The van der Waals surface area contributed by atoms with Gasteiger partial charge in [0.1, 0.15) is 11.6 Å². The SMILES string of the molecule is Cc1ccc(C)c(N2C(=O)C(=O)/C(=C(\O)c3ccc(F)c(C)c3)C2c2cccnc2)c1. The number of nitrogens with zero attached hydrogens (tertiary/aromatic N) is 2. The fourth-order valence-corrected chi connectivity index (χ4v) is 3.86. The van der Waals surface area contributed by atoms with Crippen LogP contribution in [0.2, 0.25) is 0 Å². The van der Waals surface area contributed by atoms with E-state index in [-0.39, 0.29) is 16.9 Å². The lowest BCUT2D eigenvalue weighted by Crippen LogP contribution is -2.30. The lowest BCUT2D eigenvalue weighted by molar-refractivity contribution is -0.132. The van der Waals surface area contributed by atoms with E-state index in [0.29, 0.717) is 16.8 Å². The summed E-state index contributed by atoms with van der Waals surface area (Å²) >= 11 is 0. The predicted molar refractivity (Wildman–Crippen MR) is 116 cm³/mol. The Morgan fingerprint density at radius 1 is 1.03 bits per heavy atom. The Morgan fingerprint density at radius 3 is 2.48 bits per heavy atom. The number of ketones is 1. The normalized spacial score (nSPS) is 17.9. The number of halogens is 1. The molecule has 1 N–H and O–H groups in total. The molecule has 0 bridgehead atoms. The lowest BCUT2D eigenvalue weighted by Gasteiger charge is -2.27. The Morgan fingerprint density at radius 2 is 1.81 bits per heavy atom. The topological polar surface area (TPSA) is 70.5 Å². The van der Waals surface area contributed by atoms with Crippen LogP contribution in [0.5, 0.6) is 0 Å². The van der Waals surface area contributed by atoms with Crippen molar-refractivity contribution in [1.29, 1.82) is 0 Å². The van der Waals surface area contributed by atoms with Gasteiger partial charge in [-0.15, -0.1) is 0 Å². The zero-order valence-electron chi connectivity index (χ0n) is 17.4. The number of aryl methyl sites for hydroxylation is 3. The van der Waals surface area contributed by atoms with E-state index in [4.69, 9.17) is 0 Å². The number of hydrogen-bond acceptors (Lipinski definition) is 4. The van der Waals surface area contributed by atoms with Gasteiger partial charge in [0.25, 0.3) is 11.7 Å². The molecule has 1 saturated heterocycles. The van der Waals surface area contributed by atoms with Gasteiger partial charge >= 0.3 is 0 Å². The summed E-state index contributed by atoms with van der Waals surface area (Å²) in [5.74, 6) is -2.29. The summed E-state index contributed by atoms with van der Waals surface area (Å²) in [6.07, 6.45) is 3.16. The molecule has 4 rings (SSSR count). The fraction of sp³-hybridized carbons (Fsp3) is 0.160. The Balaban J connectivity index is 1.98. The summed E-state index contributed by atoms with van der Waals surface area (Å²) in [5, 5.41) is 11.1. The van der Waals surface area contributed by atoms with E-state index >= 15 is 0 Å². The van der Waals surface area contributed by atoms with E-state index in [2.05, 4.69) is 4.98 Å². The van der Waals surface area contributed by atoms with E-state index in [9.17, 15) is 19.1 Å². The molecule has 6 heteroatoms. The maximum Gasteiger partial charge on any atom is 0.300 e. The summed E-state index contributed by atoms with van der Waals surface area (Å²) in [7, 11) is 0. The molecule has 31 heavy (non-hydrogen) atoms. The predicted octanol–water partition coefficient (Wildman–Crippen LogP) is 4.77. The molecule has 156 valence electrons. The summed E-state index contributed by atoms with van der Waals surface area (Å²) < 4.78 is 13.8. The standard InChI is InChI=1S/C25H21FN2O3/c1-14-6-7-15(2)20(11-14)28-22(18-5-4-10-27-13-18)21(24(30)25(28)31)23(29)17-8-9-19(26)16(3)12-17/h4-13,22,29H,1-3H3/b23-21-. The van der Waals surface area contributed by atoms with Gasteiger partial charge in [0.15, 0.2) is 0 Å². The van der Waals surface area contributed by atoms with Crippen LogP contribution in [0, 0.1) is 26.6 Å². The maximum atomic E-state index is 13.8. The van der Waals surface area contributed by atoms with Crippen molar-refractivity contribution in [3.05, 3.63) is 100 Å². The number of aliphatic hydroxyl groups is 1. The average Bonchev–Trinajstić information content (AvgIpc) is 3.02. The van der Waals surface area contributed by atoms with E-state index in [1.165, 1.54) is 23.1 Å². The van der Waals surface area contributed by atoms with Crippen LogP contribution in [0.4, 0.5) is 10.1 Å². The highest BCUT2D eigenvalue weighted by Crippen LogP contribution is 2.43. The number of carbonyl (C=O) groups is 2. The Kier molecular flexibility index (Phi) is 5.15. The summed E-state index contributed by atoms with van der Waals surface area (Å²) in [4.78, 5) is 31.8. The molecule has 5 nitrogen and oxygen atoms in total. The minimum Gasteiger partial charge on any atom is -0.507 e. The van der Waals surface area contributed by atoms with E-state index in [1.54, 1.807) is 31.5 Å². The molecular formula is C25H21FN2O3. The van der Waals surface area contributed by atoms with Gasteiger partial charge in [0.05, 0.1) is 11.6 Å². The highest BCUT2D eigenvalue weighted by molar-refractivity contribution is 6.51. The van der Waals surface area contributed by atoms with E-state index in [0.717, 1.165) is 11.1 Å². The Bertz CT molecular complexity index is 1230. The molecule has 1 aliphatic heterocycles. The molecule has 1 amide bonds. The van der Waals surface area contributed by atoms with Gasteiger partial charge in [0.2, 0.25) is 0 Å². The number of aromatic nitrogens is 1. The lowest BCUT2D eigenvalue weighted by atomic mass is 9.95. The molecule has 0 spiro atoms. The molecule has 2 heterocycles. The number of hydrogen-bond donors (Lipinski definition) is 1. The van der Waals surface area contributed by atoms with Crippen LogP contribution in [0.3, 0.4) is 0 Å². The molecule has 1 aliphatic rings. The van der Waals surface area contributed by atoms with Crippen LogP contribution in [0.15, 0.2) is 66.5 Å². The molecular weight excluding hydrogens is 395 g/mol. The van der Waals surface area contributed by atoms with Gasteiger partial charge in [-0.2, -0.15) is 0 Å². The minimum absolute atomic E-state index is 0.0510. The van der Waals surface area contributed by atoms with E-state index in [1.807, 2.05) is 32.0 Å². The minimum atomic E-state index is -0.862. The third kappa shape index (κ3) is 3.50. The van der Waals surface area contributed by atoms with Crippen LogP contribution >= 0.6 is 0 Å². The molecule has 1 fully saturated rings. The van der Waals surface area contributed by atoms with Crippen molar-refractivity contribution in [1.82, 2.24) is 4.98 Å². The number of benzene rings is 2. The van der Waals surface area contributed by atoms with Crippen molar-refractivity contribution in [3.63, 3.8) is 0 Å². The molecule has 2 aromatic carbocycles. The molecule has 3 aromatic rings. The number of Topliss-reactive ketones (excluding diaryl/α,β-unsaturated/α-hetero) is 1. The second kappa shape index (κ2) is 7.80. The highest BCUT2D eigenvalue weighted by Gasteiger charge is 2.47. The van der Waals surface area contributed by atoms with Crippen molar-refractivity contribution in [2.75, 3.05) is 4.90 Å². The molecule has 0 saturated carbocycles. The zero-order chi connectivity index (χ0) is 22.3. The van der Waals surface area contributed by atoms with Crippen molar-refractivity contribution >= 4 is 23.1 Å². The van der Waals surface area contributed by atoms with Crippen LogP contribution < -0.4 is 4.90 Å². The molecule has 0 aliphatic carbocycles. The summed E-state index contributed by atoms with van der Waals surface area (Å²) in [6.45, 7) is 5.33. The van der Waals surface area contributed by atoms with Crippen molar-refractivity contribution in [2.24, 2.45) is 0 Å². The third-order valence-electron chi connectivity index (χ3n) is 5.50. The first-order valence-corrected chi connectivity index (χ1v) is 9.84. The number of anilines is 1. The van der Waals surface area contributed by atoms with Crippen LogP contribution in [0.25, 0.3) is 5.76 Å². The van der Waals surface area contributed by atoms with Crippen molar-refractivity contribution in [2.45, 2.75) is 26.8 Å². The second-order valence-corrected chi connectivity index (χ2v) is 7.71. The molecule has 1 atom stereocenters. The average molecular weight is 416 g/mol. The van der Waals surface area contributed by atoms with Gasteiger partial charge < -0.3 is 5.11 Å². The smallest absolute Gasteiger partial charge is 0.300 e. The number of pyridine rings is 1. The Hall–Kier alpha value is -3.80. The third-order valence-corrected chi connectivity index (χ3v) is 5.50. The summed E-state index contributed by atoms with van der Waals surface area (Å²) in [5.41, 5.74) is 3.47. The van der Waals surface area contributed by atoms with Gasteiger partial charge in [-0.25, -0.2) is 4.39 Å². The first-order chi connectivity index (χ1) is 14.8. The van der Waals surface area contributed by atoms with Crippen LogP contribution in [-0.2, 0) is 9.59 Å². The first kappa shape index (κ1) is 20.5. The quantitative estimate of drug-likeness (QED) is 0.379. The fourth-order valence-electron chi connectivity index (χ4n) is 3.86.